The number of nitrogens with one attached hydrogen (secondary N) is 1. The van der Waals surface area contributed by atoms with Crippen molar-refractivity contribution in [1.82, 2.24) is 5.32 Å². The molecule has 98 valence electrons. The lowest BCUT2D eigenvalue weighted by Gasteiger charge is -2.33. The molecule has 1 N–H and O–H groups in total. The summed E-state index contributed by atoms with van der Waals surface area (Å²) in [5.41, 5.74) is 0.899. The molecule has 1 fully saturated rings. The van der Waals surface area contributed by atoms with Crippen molar-refractivity contribution in [1.29, 1.82) is 0 Å². The summed E-state index contributed by atoms with van der Waals surface area (Å²) in [6.45, 7) is 3.34. The molecule has 0 radical (unpaired) electrons. The fourth-order valence-corrected chi connectivity index (χ4v) is 2.44. The largest absolute Gasteiger partial charge is 0.310 e. The van der Waals surface area contributed by atoms with Crippen molar-refractivity contribution in [3.05, 3.63) is 29.3 Å². The van der Waals surface area contributed by atoms with Gasteiger partial charge in [0.25, 0.3) is 0 Å². The predicted octanol–water partition coefficient (Wildman–Crippen LogP) is 2.84. The molecule has 1 aliphatic rings. The number of hydrogen-bond donors (Lipinski definition) is 1. The summed E-state index contributed by atoms with van der Waals surface area (Å²) >= 11 is 5.98. The van der Waals surface area contributed by atoms with E-state index < -0.39 is 0 Å². The van der Waals surface area contributed by atoms with Crippen LogP contribution in [0, 0.1) is 0 Å². The fourth-order valence-electron chi connectivity index (χ4n) is 2.25. The monoisotopic (exact) mass is 266 g/mol. The Hall–Kier alpha value is -1.06. The van der Waals surface area contributed by atoms with Crippen LogP contribution in [-0.4, -0.2) is 25.0 Å². The Morgan fingerprint density at radius 2 is 2.33 bits per heavy atom. The maximum atomic E-state index is 11.9. The maximum absolute atomic E-state index is 11.9. The quantitative estimate of drug-likeness (QED) is 0.909. The van der Waals surface area contributed by atoms with Crippen LogP contribution in [0.25, 0.3) is 0 Å². The Morgan fingerprint density at radius 1 is 1.50 bits per heavy atom. The SMILES string of the molecule is CCCC[C@H]1CN(c2cccc(Cl)c2)C(=O)CN1. The zero-order valence-corrected chi connectivity index (χ0v) is 11.4. The Labute approximate surface area is 113 Å². The van der Waals surface area contributed by atoms with Crippen LogP contribution in [0.1, 0.15) is 26.2 Å². The number of hydrogen-bond acceptors (Lipinski definition) is 2. The van der Waals surface area contributed by atoms with Gasteiger partial charge >= 0.3 is 0 Å². The highest BCUT2D eigenvalue weighted by Gasteiger charge is 2.25. The van der Waals surface area contributed by atoms with Crippen molar-refractivity contribution in [2.75, 3.05) is 18.0 Å². The third-order valence-electron chi connectivity index (χ3n) is 3.27. The number of amides is 1. The molecule has 1 atom stereocenters. The van der Waals surface area contributed by atoms with Gasteiger partial charge in [-0.05, 0) is 24.6 Å². The standard InChI is InChI=1S/C14H19ClN2O/c1-2-3-6-12-10-17(14(18)9-16-12)13-7-4-5-11(15)8-13/h4-5,7-8,12,16H,2-3,6,9-10H2,1H3/t12-/m0/s1. The summed E-state index contributed by atoms with van der Waals surface area (Å²) in [4.78, 5) is 13.8. The summed E-state index contributed by atoms with van der Waals surface area (Å²) in [6, 6.07) is 7.88. The van der Waals surface area contributed by atoms with E-state index in [1.807, 2.05) is 29.2 Å². The normalized spacial score (nSPS) is 20.2. The van der Waals surface area contributed by atoms with E-state index in [0.29, 0.717) is 17.6 Å². The number of carbonyl (C=O) groups is 1. The van der Waals surface area contributed by atoms with E-state index in [4.69, 9.17) is 11.6 Å². The zero-order chi connectivity index (χ0) is 13.0. The van der Waals surface area contributed by atoms with Gasteiger partial charge in [-0.1, -0.05) is 37.4 Å². The fraction of sp³-hybridized carbons (Fsp3) is 0.500. The van der Waals surface area contributed by atoms with E-state index in [9.17, 15) is 4.79 Å². The molecule has 1 saturated heterocycles. The van der Waals surface area contributed by atoms with Gasteiger partial charge in [0.2, 0.25) is 5.91 Å². The first-order chi connectivity index (χ1) is 8.70. The number of nitrogens with zero attached hydrogens (tertiary/aromatic N) is 1. The molecule has 3 nitrogen and oxygen atoms in total. The van der Waals surface area contributed by atoms with Gasteiger partial charge in [-0.2, -0.15) is 0 Å². The van der Waals surface area contributed by atoms with Crippen molar-refractivity contribution in [3.8, 4) is 0 Å². The molecule has 4 heteroatoms. The average Bonchev–Trinajstić information content (AvgIpc) is 2.38. The molecule has 1 heterocycles. The van der Waals surface area contributed by atoms with Crippen molar-refractivity contribution in [3.63, 3.8) is 0 Å². The van der Waals surface area contributed by atoms with Gasteiger partial charge < -0.3 is 10.2 Å². The highest BCUT2D eigenvalue weighted by atomic mass is 35.5. The van der Waals surface area contributed by atoms with Crippen LogP contribution in [-0.2, 0) is 4.79 Å². The van der Waals surface area contributed by atoms with Crippen LogP contribution in [0.5, 0.6) is 0 Å². The summed E-state index contributed by atoms with van der Waals surface area (Å²) in [7, 11) is 0. The molecular weight excluding hydrogens is 248 g/mol. The molecule has 0 aliphatic carbocycles. The van der Waals surface area contributed by atoms with Crippen molar-refractivity contribution >= 4 is 23.2 Å². The van der Waals surface area contributed by atoms with Crippen LogP contribution in [0.15, 0.2) is 24.3 Å². The summed E-state index contributed by atoms with van der Waals surface area (Å²) < 4.78 is 0. The smallest absolute Gasteiger partial charge is 0.240 e. The number of piperazine rings is 1. The zero-order valence-electron chi connectivity index (χ0n) is 10.7. The Kier molecular flexibility index (Phi) is 4.61. The minimum atomic E-state index is 0.116. The molecule has 1 aliphatic heterocycles. The van der Waals surface area contributed by atoms with Crippen LogP contribution in [0.4, 0.5) is 5.69 Å². The topological polar surface area (TPSA) is 32.3 Å². The lowest BCUT2D eigenvalue weighted by molar-refractivity contribution is -0.119. The van der Waals surface area contributed by atoms with Crippen LogP contribution >= 0.6 is 11.6 Å². The first-order valence-electron chi connectivity index (χ1n) is 6.50. The summed E-state index contributed by atoms with van der Waals surface area (Å²) in [5, 5.41) is 3.96. The molecule has 0 spiro atoms. The molecule has 0 aromatic heterocycles. The number of halogens is 1. The second-order valence-corrected chi connectivity index (χ2v) is 5.14. The van der Waals surface area contributed by atoms with E-state index in [-0.39, 0.29) is 5.91 Å². The molecule has 1 aromatic rings. The number of unbranched alkanes of at least 4 members (excludes halogenated alkanes) is 1. The Balaban J connectivity index is 2.08. The Morgan fingerprint density at radius 3 is 3.06 bits per heavy atom. The third-order valence-corrected chi connectivity index (χ3v) is 3.51. The molecule has 0 saturated carbocycles. The second kappa shape index (κ2) is 6.21. The van der Waals surface area contributed by atoms with Gasteiger partial charge in [0.15, 0.2) is 0 Å². The summed E-state index contributed by atoms with van der Waals surface area (Å²) in [5.74, 6) is 0.116. The third kappa shape index (κ3) is 3.24. The lowest BCUT2D eigenvalue weighted by atomic mass is 10.1. The lowest BCUT2D eigenvalue weighted by Crippen LogP contribution is -2.54. The number of benzene rings is 1. The first kappa shape index (κ1) is 13.4. The molecule has 18 heavy (non-hydrogen) atoms. The highest BCUT2D eigenvalue weighted by molar-refractivity contribution is 6.30. The van der Waals surface area contributed by atoms with Crippen molar-refractivity contribution in [2.24, 2.45) is 0 Å². The maximum Gasteiger partial charge on any atom is 0.240 e. The average molecular weight is 267 g/mol. The molecule has 2 rings (SSSR count). The molecular formula is C14H19ClN2O. The van der Waals surface area contributed by atoms with Crippen molar-refractivity contribution in [2.45, 2.75) is 32.2 Å². The number of anilines is 1. The van der Waals surface area contributed by atoms with Crippen LogP contribution in [0.3, 0.4) is 0 Å². The van der Waals surface area contributed by atoms with E-state index >= 15 is 0 Å². The minimum Gasteiger partial charge on any atom is -0.310 e. The van der Waals surface area contributed by atoms with Gasteiger partial charge in [-0.25, -0.2) is 0 Å². The van der Waals surface area contributed by atoms with Crippen molar-refractivity contribution < 1.29 is 4.79 Å². The molecule has 0 bridgehead atoms. The Bertz CT molecular complexity index is 422. The van der Waals surface area contributed by atoms with Crippen LogP contribution < -0.4 is 10.2 Å². The van der Waals surface area contributed by atoms with Gasteiger partial charge in [0, 0.05) is 23.3 Å². The minimum absolute atomic E-state index is 0.116. The van der Waals surface area contributed by atoms with Gasteiger partial charge in [-0.15, -0.1) is 0 Å². The second-order valence-electron chi connectivity index (χ2n) is 4.70. The van der Waals surface area contributed by atoms with Gasteiger partial charge in [-0.3, -0.25) is 4.79 Å². The highest BCUT2D eigenvalue weighted by Crippen LogP contribution is 2.21. The van der Waals surface area contributed by atoms with E-state index in [2.05, 4.69) is 12.2 Å². The van der Waals surface area contributed by atoms with E-state index in [1.165, 1.54) is 12.8 Å². The predicted molar refractivity (Wildman–Crippen MR) is 75.1 cm³/mol. The summed E-state index contributed by atoms with van der Waals surface area (Å²) in [6.07, 6.45) is 3.49. The molecule has 1 aromatic carbocycles. The van der Waals surface area contributed by atoms with Crippen LogP contribution in [0.2, 0.25) is 5.02 Å². The van der Waals surface area contributed by atoms with Gasteiger partial charge in [0.1, 0.15) is 0 Å². The first-order valence-corrected chi connectivity index (χ1v) is 6.88. The van der Waals surface area contributed by atoms with E-state index in [0.717, 1.165) is 18.7 Å². The van der Waals surface area contributed by atoms with E-state index in [1.54, 1.807) is 0 Å². The number of carbonyl (C=O) groups excluding carboxylic acids is 1. The number of rotatable bonds is 4. The van der Waals surface area contributed by atoms with Gasteiger partial charge in [0.05, 0.1) is 6.54 Å². The molecule has 0 unspecified atom stereocenters. The molecule has 1 amide bonds.